The van der Waals surface area contributed by atoms with E-state index in [1.54, 1.807) is 14.1 Å². The van der Waals surface area contributed by atoms with Crippen molar-refractivity contribution >= 4 is 32.8 Å². The Morgan fingerprint density at radius 2 is 1.82 bits per heavy atom. The third-order valence-corrected chi connectivity index (χ3v) is 7.05. The molecule has 0 aliphatic heterocycles. The number of carbonyl (C=O) groups is 1. The maximum Gasteiger partial charge on any atom is 0.416 e. The second kappa shape index (κ2) is 10.7. The third-order valence-electron chi connectivity index (χ3n) is 5.66. The number of phenols is 1. The van der Waals surface area contributed by atoms with Gasteiger partial charge in [0.15, 0.2) is 0 Å². The number of hydrogen-bond donors (Lipinski definition) is 3. The number of aromatic hydroxyl groups is 1. The molecule has 0 fully saturated rings. The monoisotopic (exact) mass is 581 g/mol. The van der Waals surface area contributed by atoms with Gasteiger partial charge in [-0.2, -0.15) is 17.9 Å². The van der Waals surface area contributed by atoms with Crippen LogP contribution in [0.3, 0.4) is 0 Å². The molecule has 0 bridgehead atoms. The fourth-order valence-electron chi connectivity index (χ4n) is 3.63. The van der Waals surface area contributed by atoms with Crippen molar-refractivity contribution in [2.75, 3.05) is 19.0 Å². The SMILES string of the molecule is C[C@H](NS(=O)(=O)c1cc2cc(F)ccc2o1)C(=O)NCc1cc(-c2ccc(C(F)(F)F)cc2O)nc(N(C)C)n1. The molecule has 0 aliphatic rings. The first-order valence-electron chi connectivity index (χ1n) is 11.6. The Balaban J connectivity index is 1.50. The number of benzene rings is 2. The summed E-state index contributed by atoms with van der Waals surface area (Å²) in [6.07, 6.45) is -4.65. The molecule has 0 saturated heterocycles. The van der Waals surface area contributed by atoms with Crippen LogP contribution in [-0.2, 0) is 27.5 Å². The average molecular weight is 582 g/mol. The molecule has 40 heavy (non-hydrogen) atoms. The van der Waals surface area contributed by atoms with Gasteiger partial charge in [0, 0.05) is 31.1 Å². The number of furan rings is 1. The van der Waals surface area contributed by atoms with Crippen LogP contribution < -0.4 is 14.9 Å². The molecule has 15 heteroatoms. The van der Waals surface area contributed by atoms with Crippen molar-refractivity contribution in [1.29, 1.82) is 0 Å². The fourth-order valence-corrected chi connectivity index (χ4v) is 4.80. The second-order valence-electron chi connectivity index (χ2n) is 8.98. The molecule has 1 atom stereocenters. The van der Waals surface area contributed by atoms with Crippen molar-refractivity contribution in [3.05, 3.63) is 65.6 Å². The van der Waals surface area contributed by atoms with Crippen LogP contribution in [0, 0.1) is 5.82 Å². The standard InChI is InChI=1S/C25H23F4N5O5S/c1-13(33-40(37,38)22-9-14-8-16(26)5-7-21(14)39-22)23(36)30-12-17-11-19(32-24(31-17)34(2)3)18-6-4-15(10-20(18)35)25(27,28)29/h4-11,13,33,35H,12H2,1-3H3,(H,30,36)/t13-/m0/s1. The zero-order valence-electron chi connectivity index (χ0n) is 21.2. The molecule has 0 spiro atoms. The van der Waals surface area contributed by atoms with Gasteiger partial charge in [-0.1, -0.05) is 0 Å². The molecule has 0 unspecified atom stereocenters. The molecule has 1 amide bonds. The summed E-state index contributed by atoms with van der Waals surface area (Å²) >= 11 is 0. The van der Waals surface area contributed by atoms with E-state index in [0.29, 0.717) is 6.07 Å². The molecule has 2 heterocycles. The van der Waals surface area contributed by atoms with Gasteiger partial charge in [0.1, 0.15) is 17.1 Å². The van der Waals surface area contributed by atoms with E-state index in [9.17, 15) is 35.9 Å². The van der Waals surface area contributed by atoms with E-state index in [0.717, 1.165) is 30.3 Å². The Bertz CT molecular complexity index is 1690. The molecule has 3 N–H and O–H groups in total. The van der Waals surface area contributed by atoms with Crippen LogP contribution in [0.5, 0.6) is 5.75 Å². The van der Waals surface area contributed by atoms with Crippen molar-refractivity contribution in [2.45, 2.75) is 30.8 Å². The van der Waals surface area contributed by atoms with Gasteiger partial charge in [-0.05, 0) is 49.4 Å². The summed E-state index contributed by atoms with van der Waals surface area (Å²) < 4.78 is 85.3. The maximum atomic E-state index is 13.4. The van der Waals surface area contributed by atoms with Crippen molar-refractivity contribution in [2.24, 2.45) is 0 Å². The second-order valence-corrected chi connectivity index (χ2v) is 10.6. The fraction of sp³-hybridized carbons (Fsp3) is 0.240. The van der Waals surface area contributed by atoms with Crippen LogP contribution >= 0.6 is 0 Å². The zero-order valence-corrected chi connectivity index (χ0v) is 22.1. The number of halogens is 4. The van der Waals surface area contributed by atoms with Crippen molar-refractivity contribution < 1.29 is 40.3 Å². The van der Waals surface area contributed by atoms with Crippen molar-refractivity contribution in [1.82, 2.24) is 20.0 Å². The Hall–Kier alpha value is -4.24. The third kappa shape index (κ3) is 6.31. The Kier molecular flexibility index (Phi) is 7.72. The molecular formula is C25H23F4N5O5S. The summed E-state index contributed by atoms with van der Waals surface area (Å²) in [4.78, 5) is 22.7. The zero-order chi connectivity index (χ0) is 29.4. The van der Waals surface area contributed by atoms with Crippen LogP contribution in [0.4, 0.5) is 23.5 Å². The number of nitrogens with zero attached hydrogens (tertiary/aromatic N) is 3. The number of amides is 1. The largest absolute Gasteiger partial charge is 0.507 e. The highest BCUT2D eigenvalue weighted by Gasteiger charge is 2.31. The van der Waals surface area contributed by atoms with Gasteiger partial charge in [-0.15, -0.1) is 0 Å². The van der Waals surface area contributed by atoms with Gasteiger partial charge in [-0.3, -0.25) is 4.79 Å². The highest BCUT2D eigenvalue weighted by Crippen LogP contribution is 2.36. The summed E-state index contributed by atoms with van der Waals surface area (Å²) in [5.41, 5.74) is -0.540. The number of sulfonamides is 1. The number of aromatic nitrogens is 2. The van der Waals surface area contributed by atoms with E-state index in [1.807, 2.05) is 0 Å². The van der Waals surface area contributed by atoms with E-state index < -0.39 is 50.4 Å². The lowest BCUT2D eigenvalue weighted by Gasteiger charge is -2.16. The van der Waals surface area contributed by atoms with Crippen molar-refractivity contribution in [3.63, 3.8) is 0 Å². The quantitative estimate of drug-likeness (QED) is 0.267. The Labute approximate surface area is 225 Å². The highest BCUT2D eigenvalue weighted by molar-refractivity contribution is 7.89. The Morgan fingerprint density at radius 1 is 1.10 bits per heavy atom. The molecule has 2 aromatic heterocycles. The van der Waals surface area contributed by atoms with E-state index >= 15 is 0 Å². The summed E-state index contributed by atoms with van der Waals surface area (Å²) in [7, 11) is -1.04. The lowest BCUT2D eigenvalue weighted by Crippen LogP contribution is -2.44. The topological polar surface area (TPSA) is 138 Å². The lowest BCUT2D eigenvalue weighted by atomic mass is 10.1. The van der Waals surface area contributed by atoms with Crippen LogP contribution in [0.25, 0.3) is 22.2 Å². The minimum atomic E-state index is -4.65. The van der Waals surface area contributed by atoms with E-state index in [-0.39, 0.29) is 40.4 Å². The molecular weight excluding hydrogens is 558 g/mol. The summed E-state index contributed by atoms with van der Waals surface area (Å²) in [5, 5.41) is 12.5. The smallest absolute Gasteiger partial charge is 0.416 e. The maximum absolute atomic E-state index is 13.4. The van der Waals surface area contributed by atoms with E-state index in [2.05, 4.69) is 20.0 Å². The van der Waals surface area contributed by atoms with Gasteiger partial charge in [0.2, 0.25) is 16.9 Å². The minimum Gasteiger partial charge on any atom is -0.507 e. The molecule has 212 valence electrons. The highest BCUT2D eigenvalue weighted by atomic mass is 32.2. The first-order chi connectivity index (χ1) is 18.6. The molecule has 10 nitrogen and oxygen atoms in total. The predicted octanol–water partition coefficient (Wildman–Crippen LogP) is 3.80. The van der Waals surface area contributed by atoms with Crippen LogP contribution in [0.1, 0.15) is 18.2 Å². The van der Waals surface area contributed by atoms with Gasteiger partial charge >= 0.3 is 6.18 Å². The molecule has 4 aromatic rings. The number of rotatable bonds is 8. The molecule has 2 aromatic carbocycles. The summed E-state index contributed by atoms with van der Waals surface area (Å²) in [5.74, 6) is -1.80. The number of anilines is 1. The number of nitrogens with one attached hydrogen (secondary N) is 2. The average Bonchev–Trinajstić information content (AvgIpc) is 3.30. The number of alkyl halides is 3. The van der Waals surface area contributed by atoms with Gasteiger partial charge in [-0.25, -0.2) is 22.8 Å². The molecule has 4 rings (SSSR count). The number of phenolic OH excluding ortho intramolecular Hbond substituents is 1. The summed E-state index contributed by atoms with van der Waals surface area (Å²) in [6, 6.07) is 7.21. The summed E-state index contributed by atoms with van der Waals surface area (Å²) in [6.45, 7) is 1.10. The van der Waals surface area contributed by atoms with Crippen LogP contribution in [0.15, 0.2) is 58.0 Å². The number of carbonyl (C=O) groups excluding carboxylic acids is 1. The predicted molar refractivity (Wildman–Crippen MR) is 136 cm³/mol. The minimum absolute atomic E-state index is 0.0120. The van der Waals surface area contributed by atoms with Crippen LogP contribution in [-0.4, -0.2) is 49.5 Å². The van der Waals surface area contributed by atoms with Gasteiger partial charge < -0.3 is 19.7 Å². The number of hydrogen-bond acceptors (Lipinski definition) is 8. The van der Waals surface area contributed by atoms with Crippen molar-refractivity contribution in [3.8, 4) is 17.0 Å². The lowest BCUT2D eigenvalue weighted by molar-refractivity contribution is -0.137. The van der Waals surface area contributed by atoms with Crippen LogP contribution in [0.2, 0.25) is 0 Å². The first kappa shape index (κ1) is 28.8. The Morgan fingerprint density at radius 3 is 2.48 bits per heavy atom. The normalized spacial score (nSPS) is 12.9. The molecule has 0 saturated carbocycles. The van der Waals surface area contributed by atoms with E-state index in [4.69, 9.17) is 4.42 Å². The molecule has 0 radical (unpaired) electrons. The van der Waals surface area contributed by atoms with Gasteiger partial charge in [0.25, 0.3) is 10.0 Å². The molecule has 0 aliphatic carbocycles. The number of fused-ring (bicyclic) bond motifs is 1. The van der Waals surface area contributed by atoms with E-state index in [1.165, 1.54) is 24.0 Å². The first-order valence-corrected chi connectivity index (χ1v) is 13.1. The van der Waals surface area contributed by atoms with Gasteiger partial charge in [0.05, 0.1) is 29.5 Å².